The van der Waals surface area contributed by atoms with Crippen LogP contribution in [0.15, 0.2) is 88.6 Å². The van der Waals surface area contributed by atoms with Crippen LogP contribution in [-0.4, -0.2) is 17.3 Å². The van der Waals surface area contributed by atoms with E-state index in [0.29, 0.717) is 10.8 Å². The van der Waals surface area contributed by atoms with Crippen molar-refractivity contribution in [2.75, 3.05) is 0 Å². The van der Waals surface area contributed by atoms with Crippen molar-refractivity contribution >= 4 is 21.4 Å². The number of aromatic nitrogens is 1. The van der Waals surface area contributed by atoms with E-state index in [2.05, 4.69) is 4.57 Å². The van der Waals surface area contributed by atoms with Crippen LogP contribution in [0.25, 0.3) is 5.69 Å². The first kappa shape index (κ1) is 18.4. The molecule has 0 amide bonds. The minimum atomic E-state index is -3.67. The molecule has 4 nitrogen and oxygen atoms in total. The first-order valence-corrected chi connectivity index (χ1v) is 11.7. The number of hydrogen-bond acceptors (Lipinski definition) is 3. The lowest BCUT2D eigenvalue weighted by Crippen LogP contribution is -2.34. The number of sulfonamides is 1. The Kier molecular flexibility index (Phi) is 4.42. The fraction of sp³-hybridized carbons (Fsp3) is 0.130. The van der Waals surface area contributed by atoms with Gasteiger partial charge in [-0.3, -0.25) is 0 Å². The third-order valence-electron chi connectivity index (χ3n) is 5.38. The van der Waals surface area contributed by atoms with Crippen molar-refractivity contribution < 1.29 is 8.42 Å². The Hall–Kier alpha value is -2.67. The summed E-state index contributed by atoms with van der Waals surface area (Å²) in [4.78, 5) is 0. The van der Waals surface area contributed by atoms with E-state index in [9.17, 15) is 8.42 Å². The molecule has 0 spiro atoms. The molecule has 1 atom stereocenters. The Labute approximate surface area is 174 Å². The second kappa shape index (κ2) is 6.99. The summed E-state index contributed by atoms with van der Waals surface area (Å²) in [6, 6.07) is 23.2. The van der Waals surface area contributed by atoms with Crippen LogP contribution in [0.4, 0.5) is 0 Å². The Bertz CT molecular complexity index is 1260. The molecule has 146 valence electrons. The van der Waals surface area contributed by atoms with Crippen LogP contribution in [0.5, 0.6) is 0 Å². The Balaban J connectivity index is 1.78. The van der Waals surface area contributed by atoms with E-state index in [1.807, 2.05) is 79.2 Å². The second-order valence-corrected chi connectivity index (χ2v) is 10.3. The zero-order valence-corrected chi connectivity index (χ0v) is 17.5. The van der Waals surface area contributed by atoms with Gasteiger partial charge in [0.05, 0.1) is 6.04 Å². The molecule has 0 radical (unpaired) electrons. The Morgan fingerprint density at radius 1 is 0.931 bits per heavy atom. The maximum absolute atomic E-state index is 13.7. The molecule has 4 aromatic rings. The van der Waals surface area contributed by atoms with Crippen molar-refractivity contribution in [1.82, 2.24) is 8.87 Å². The lowest BCUT2D eigenvalue weighted by molar-refractivity contribution is 0.354. The van der Waals surface area contributed by atoms with Gasteiger partial charge in [-0.15, -0.1) is 11.3 Å². The molecule has 3 heterocycles. The van der Waals surface area contributed by atoms with Crippen LogP contribution >= 0.6 is 11.3 Å². The van der Waals surface area contributed by atoms with Crippen molar-refractivity contribution in [1.29, 1.82) is 0 Å². The number of rotatable bonds is 3. The van der Waals surface area contributed by atoms with E-state index in [1.165, 1.54) is 11.3 Å². The molecule has 0 saturated carbocycles. The van der Waals surface area contributed by atoms with Gasteiger partial charge in [0, 0.05) is 24.1 Å². The third-order valence-corrected chi connectivity index (χ3v) is 8.56. The van der Waals surface area contributed by atoms with E-state index < -0.39 is 16.1 Å². The van der Waals surface area contributed by atoms with E-state index in [1.54, 1.807) is 16.4 Å². The predicted octanol–water partition coefficient (Wildman–Crippen LogP) is 5.14. The normalized spacial score (nSPS) is 16.8. The zero-order valence-electron chi connectivity index (χ0n) is 15.9. The molecule has 6 heteroatoms. The molecule has 0 saturated heterocycles. The number of fused-ring (bicyclic) bond motifs is 3. The van der Waals surface area contributed by atoms with Crippen molar-refractivity contribution in [2.24, 2.45) is 0 Å². The minimum absolute atomic E-state index is 0.316. The van der Waals surface area contributed by atoms with Gasteiger partial charge in [-0.1, -0.05) is 54.1 Å². The highest BCUT2D eigenvalue weighted by atomic mass is 32.2. The van der Waals surface area contributed by atoms with E-state index >= 15 is 0 Å². The molecule has 1 aliphatic heterocycles. The van der Waals surface area contributed by atoms with E-state index in [4.69, 9.17) is 0 Å². The summed E-state index contributed by atoms with van der Waals surface area (Å²) in [5.41, 5.74) is 5.06. The first-order valence-electron chi connectivity index (χ1n) is 9.43. The number of para-hydroxylation sites is 1. The molecule has 0 fully saturated rings. The Morgan fingerprint density at radius 2 is 1.72 bits per heavy atom. The van der Waals surface area contributed by atoms with Crippen LogP contribution < -0.4 is 0 Å². The quantitative estimate of drug-likeness (QED) is 0.460. The molecule has 29 heavy (non-hydrogen) atoms. The van der Waals surface area contributed by atoms with Crippen molar-refractivity contribution in [3.63, 3.8) is 0 Å². The topological polar surface area (TPSA) is 42.3 Å². The van der Waals surface area contributed by atoms with Crippen LogP contribution in [0.1, 0.15) is 28.4 Å². The number of thiophene rings is 1. The minimum Gasteiger partial charge on any atom is -0.319 e. The van der Waals surface area contributed by atoms with Crippen molar-refractivity contribution in [2.45, 2.75) is 23.7 Å². The first-order chi connectivity index (χ1) is 14.1. The van der Waals surface area contributed by atoms with E-state index in [0.717, 1.165) is 28.1 Å². The molecule has 0 unspecified atom stereocenters. The van der Waals surface area contributed by atoms with Gasteiger partial charge in [0.15, 0.2) is 0 Å². The highest BCUT2D eigenvalue weighted by Gasteiger charge is 2.38. The van der Waals surface area contributed by atoms with Crippen LogP contribution in [0.2, 0.25) is 0 Å². The van der Waals surface area contributed by atoms with Gasteiger partial charge in [-0.25, -0.2) is 8.42 Å². The molecule has 0 N–H and O–H groups in total. The van der Waals surface area contributed by atoms with Gasteiger partial charge in [-0.2, -0.15) is 4.31 Å². The van der Waals surface area contributed by atoms with Crippen LogP contribution in [-0.2, 0) is 16.6 Å². The molecule has 5 rings (SSSR count). The summed E-state index contributed by atoms with van der Waals surface area (Å²) < 4.78 is 31.6. The zero-order chi connectivity index (χ0) is 20.0. The number of nitrogens with zero attached hydrogens (tertiary/aromatic N) is 2. The summed E-state index contributed by atoms with van der Waals surface area (Å²) >= 11 is 1.26. The van der Waals surface area contributed by atoms with Crippen molar-refractivity contribution in [3.8, 4) is 5.69 Å². The van der Waals surface area contributed by atoms with Crippen LogP contribution in [0, 0.1) is 6.92 Å². The number of hydrogen-bond donors (Lipinski definition) is 0. The largest absolute Gasteiger partial charge is 0.319 e. The fourth-order valence-corrected chi connectivity index (χ4v) is 6.64. The van der Waals surface area contributed by atoms with Gasteiger partial charge in [0.25, 0.3) is 10.0 Å². The van der Waals surface area contributed by atoms with Gasteiger partial charge in [0.2, 0.25) is 0 Å². The highest BCUT2D eigenvalue weighted by molar-refractivity contribution is 7.91. The summed E-state index contributed by atoms with van der Waals surface area (Å²) in [5, 5.41) is 1.81. The molecule has 2 aromatic heterocycles. The smallest absolute Gasteiger partial charge is 0.253 e. The monoisotopic (exact) mass is 420 g/mol. The van der Waals surface area contributed by atoms with Crippen molar-refractivity contribution in [3.05, 3.63) is 107 Å². The molecule has 1 aliphatic rings. The lowest BCUT2D eigenvalue weighted by Gasteiger charge is -2.29. The Morgan fingerprint density at radius 3 is 2.48 bits per heavy atom. The molecule has 0 bridgehead atoms. The molecule has 2 aromatic carbocycles. The summed E-state index contributed by atoms with van der Waals surface area (Å²) in [6.45, 7) is 2.35. The standard InChI is InChI=1S/C23H20N2O2S2/c1-17-10-12-18(13-11-17)23-21-8-4-14-24(21)20-7-3-2-6-19(20)16-25(23)29(26,27)22-9-5-15-28-22/h2-15,23H,16H2,1H3/t23-/m1/s1. The summed E-state index contributed by atoms with van der Waals surface area (Å²) in [6.07, 6.45) is 2.01. The summed E-state index contributed by atoms with van der Waals surface area (Å²) in [7, 11) is -3.67. The predicted molar refractivity (Wildman–Crippen MR) is 116 cm³/mol. The van der Waals surface area contributed by atoms with Gasteiger partial charge in [0.1, 0.15) is 4.21 Å². The fourth-order valence-electron chi connectivity index (χ4n) is 3.96. The van der Waals surface area contributed by atoms with Crippen LogP contribution in [0.3, 0.4) is 0 Å². The number of benzene rings is 2. The molecular weight excluding hydrogens is 400 g/mol. The average molecular weight is 421 g/mol. The SMILES string of the molecule is Cc1ccc([C@@H]2c3cccn3-c3ccccc3CN2S(=O)(=O)c2cccs2)cc1. The van der Waals surface area contributed by atoms with Gasteiger partial charge in [-0.05, 0) is 47.7 Å². The lowest BCUT2D eigenvalue weighted by atomic mass is 10.0. The van der Waals surface area contributed by atoms with Gasteiger partial charge >= 0.3 is 0 Å². The molecule has 0 aliphatic carbocycles. The second-order valence-electron chi connectivity index (χ2n) is 7.23. The van der Waals surface area contributed by atoms with Gasteiger partial charge < -0.3 is 4.57 Å². The maximum Gasteiger partial charge on any atom is 0.253 e. The summed E-state index contributed by atoms with van der Waals surface area (Å²) in [5.74, 6) is 0. The number of aryl methyl sites for hydroxylation is 1. The highest BCUT2D eigenvalue weighted by Crippen LogP contribution is 2.40. The maximum atomic E-state index is 13.7. The van der Waals surface area contributed by atoms with E-state index in [-0.39, 0.29) is 0 Å². The average Bonchev–Trinajstić information content (AvgIpc) is 3.40. The third kappa shape index (κ3) is 3.04. The molecular formula is C23H20N2O2S2.